The number of hydrogen-bond acceptors (Lipinski definition) is 2. The summed E-state index contributed by atoms with van der Waals surface area (Å²) in [7, 11) is 1.86. The van der Waals surface area contributed by atoms with Gasteiger partial charge < -0.3 is 10.6 Å². The monoisotopic (exact) mass is 310 g/mol. The molecular formula is C14H19BrN2O. The Morgan fingerprint density at radius 1 is 1.44 bits per heavy atom. The molecule has 98 valence electrons. The van der Waals surface area contributed by atoms with Crippen LogP contribution in [0.4, 0.5) is 0 Å². The molecule has 1 amide bonds. The number of hydrogen-bond donors (Lipinski definition) is 1. The molecule has 0 saturated carbocycles. The molecule has 1 aliphatic heterocycles. The highest BCUT2D eigenvalue weighted by Gasteiger charge is 2.30. The largest absolute Gasteiger partial charge is 0.337 e. The van der Waals surface area contributed by atoms with Crippen LogP contribution in [0.15, 0.2) is 22.7 Å². The van der Waals surface area contributed by atoms with Gasteiger partial charge in [0.05, 0.1) is 6.04 Å². The number of likely N-dealkylation sites (N-methyl/N-ethyl adjacent to an activating group) is 1. The first-order chi connectivity index (χ1) is 8.50. The van der Waals surface area contributed by atoms with Crippen LogP contribution in [-0.4, -0.2) is 23.9 Å². The summed E-state index contributed by atoms with van der Waals surface area (Å²) in [5.74, 6) is 0.188. The zero-order chi connectivity index (χ0) is 13.3. The van der Waals surface area contributed by atoms with E-state index in [4.69, 9.17) is 5.73 Å². The fourth-order valence-electron chi connectivity index (χ4n) is 2.59. The van der Waals surface area contributed by atoms with Gasteiger partial charge in [-0.25, -0.2) is 0 Å². The van der Waals surface area contributed by atoms with Gasteiger partial charge in [0.25, 0.3) is 0 Å². The molecule has 0 radical (unpaired) electrons. The third-order valence-corrected chi connectivity index (χ3v) is 4.56. The molecule has 0 spiro atoms. The smallest absolute Gasteiger partial charge is 0.222 e. The van der Waals surface area contributed by atoms with Gasteiger partial charge in [0.1, 0.15) is 0 Å². The van der Waals surface area contributed by atoms with Gasteiger partial charge in [-0.1, -0.05) is 28.1 Å². The highest BCUT2D eigenvalue weighted by Crippen LogP contribution is 2.30. The Morgan fingerprint density at radius 3 is 2.83 bits per heavy atom. The van der Waals surface area contributed by atoms with E-state index in [1.54, 1.807) is 4.90 Å². The Bertz CT molecular complexity index is 461. The second-order valence-corrected chi connectivity index (χ2v) is 5.87. The van der Waals surface area contributed by atoms with E-state index in [0.717, 1.165) is 22.9 Å². The third kappa shape index (κ3) is 2.59. The van der Waals surface area contributed by atoms with Crippen molar-refractivity contribution >= 4 is 21.8 Å². The van der Waals surface area contributed by atoms with E-state index in [9.17, 15) is 4.79 Å². The number of amides is 1. The zero-order valence-corrected chi connectivity index (χ0v) is 12.4. The molecule has 0 aromatic heterocycles. The van der Waals surface area contributed by atoms with E-state index >= 15 is 0 Å². The lowest BCUT2D eigenvalue weighted by Gasteiger charge is -2.31. The zero-order valence-electron chi connectivity index (χ0n) is 10.8. The number of aryl methyl sites for hydroxylation is 1. The summed E-state index contributed by atoms with van der Waals surface area (Å²) >= 11 is 3.50. The highest BCUT2D eigenvalue weighted by molar-refractivity contribution is 9.10. The summed E-state index contributed by atoms with van der Waals surface area (Å²) in [5, 5.41) is 0. The van der Waals surface area contributed by atoms with Gasteiger partial charge >= 0.3 is 0 Å². The lowest BCUT2D eigenvalue weighted by atomic mass is 9.95. The molecule has 1 fully saturated rings. The lowest BCUT2D eigenvalue weighted by molar-refractivity contribution is -0.131. The minimum atomic E-state index is -0.00759. The molecule has 0 bridgehead atoms. The maximum atomic E-state index is 12.0. The van der Waals surface area contributed by atoms with Gasteiger partial charge in [-0.3, -0.25) is 4.79 Å². The first kappa shape index (κ1) is 13.6. The quantitative estimate of drug-likeness (QED) is 0.867. The predicted molar refractivity (Wildman–Crippen MR) is 76.2 cm³/mol. The average Bonchev–Trinajstić information content (AvgIpc) is 2.44. The highest BCUT2D eigenvalue weighted by atomic mass is 79.9. The van der Waals surface area contributed by atoms with Crippen LogP contribution in [0, 0.1) is 6.92 Å². The van der Waals surface area contributed by atoms with Crippen LogP contribution in [0.2, 0.25) is 0 Å². The Balaban J connectivity index is 2.38. The Kier molecular flexibility index (Phi) is 4.07. The van der Waals surface area contributed by atoms with E-state index in [1.807, 2.05) is 13.1 Å². The molecule has 18 heavy (non-hydrogen) atoms. The van der Waals surface area contributed by atoms with Crippen molar-refractivity contribution in [2.24, 2.45) is 5.73 Å². The average molecular weight is 311 g/mol. The van der Waals surface area contributed by atoms with Gasteiger partial charge in [0, 0.05) is 24.0 Å². The number of rotatable bonds is 1. The minimum Gasteiger partial charge on any atom is -0.337 e. The van der Waals surface area contributed by atoms with E-state index in [-0.39, 0.29) is 18.0 Å². The van der Waals surface area contributed by atoms with E-state index < -0.39 is 0 Å². The summed E-state index contributed by atoms with van der Waals surface area (Å²) in [6.45, 7) is 2.05. The molecule has 2 atom stereocenters. The topological polar surface area (TPSA) is 46.3 Å². The first-order valence-electron chi connectivity index (χ1n) is 6.28. The van der Waals surface area contributed by atoms with Crippen LogP contribution in [0.3, 0.4) is 0 Å². The van der Waals surface area contributed by atoms with E-state index in [1.165, 1.54) is 5.56 Å². The van der Waals surface area contributed by atoms with Gasteiger partial charge in [0.2, 0.25) is 5.91 Å². The normalized spacial score (nSPS) is 25.1. The van der Waals surface area contributed by atoms with Crippen LogP contribution >= 0.6 is 15.9 Å². The summed E-state index contributed by atoms with van der Waals surface area (Å²) in [4.78, 5) is 13.8. The Labute approximate surface area is 116 Å². The van der Waals surface area contributed by atoms with Crippen molar-refractivity contribution in [1.82, 2.24) is 4.90 Å². The maximum Gasteiger partial charge on any atom is 0.222 e. The van der Waals surface area contributed by atoms with Gasteiger partial charge in [0.15, 0.2) is 0 Å². The third-order valence-electron chi connectivity index (χ3n) is 3.67. The molecule has 1 heterocycles. The number of likely N-dealkylation sites (tertiary alicyclic amines) is 1. The predicted octanol–water partition coefficient (Wildman–Crippen LogP) is 2.77. The summed E-state index contributed by atoms with van der Waals surface area (Å²) in [6.07, 6.45) is 2.39. The fourth-order valence-corrected chi connectivity index (χ4v) is 2.83. The molecule has 2 N–H and O–H groups in total. The Hall–Kier alpha value is -0.870. The van der Waals surface area contributed by atoms with Crippen molar-refractivity contribution < 1.29 is 4.79 Å². The van der Waals surface area contributed by atoms with Crippen LogP contribution < -0.4 is 5.73 Å². The van der Waals surface area contributed by atoms with Crippen LogP contribution in [0.1, 0.15) is 36.4 Å². The first-order valence-corrected chi connectivity index (χ1v) is 7.07. The van der Waals surface area contributed by atoms with Gasteiger partial charge in [-0.2, -0.15) is 0 Å². The minimum absolute atomic E-state index is 0.00759. The van der Waals surface area contributed by atoms with Gasteiger partial charge in [-0.15, -0.1) is 0 Å². The summed E-state index contributed by atoms with van der Waals surface area (Å²) in [5.41, 5.74) is 8.54. The number of carbonyl (C=O) groups excluding carboxylic acids is 1. The number of halogens is 1. The van der Waals surface area contributed by atoms with Crippen LogP contribution in [-0.2, 0) is 4.79 Å². The van der Waals surface area contributed by atoms with Crippen molar-refractivity contribution in [2.75, 3.05) is 7.05 Å². The number of carbonyl (C=O) groups is 1. The molecule has 2 unspecified atom stereocenters. The number of nitrogens with two attached hydrogens (primary N) is 1. The second-order valence-electron chi connectivity index (χ2n) is 5.01. The molecular weight excluding hydrogens is 292 g/mol. The van der Waals surface area contributed by atoms with Crippen molar-refractivity contribution in [2.45, 2.75) is 38.3 Å². The van der Waals surface area contributed by atoms with E-state index in [2.05, 4.69) is 35.0 Å². The van der Waals surface area contributed by atoms with Crippen LogP contribution in [0.25, 0.3) is 0 Å². The second kappa shape index (κ2) is 5.41. The Morgan fingerprint density at radius 2 is 2.17 bits per heavy atom. The van der Waals surface area contributed by atoms with Crippen molar-refractivity contribution in [3.63, 3.8) is 0 Å². The fraction of sp³-hybridized carbons (Fsp3) is 0.500. The maximum absolute atomic E-state index is 12.0. The molecule has 1 aromatic rings. The molecule has 1 saturated heterocycles. The van der Waals surface area contributed by atoms with Crippen molar-refractivity contribution in [3.05, 3.63) is 33.8 Å². The van der Waals surface area contributed by atoms with Gasteiger partial charge in [-0.05, 0) is 37.0 Å². The summed E-state index contributed by atoms with van der Waals surface area (Å²) in [6, 6.07) is 6.20. The lowest BCUT2D eigenvalue weighted by Crippen LogP contribution is -2.39. The van der Waals surface area contributed by atoms with E-state index in [0.29, 0.717) is 6.42 Å². The summed E-state index contributed by atoms with van der Waals surface area (Å²) < 4.78 is 1.09. The number of nitrogens with zero attached hydrogens (tertiary/aromatic N) is 1. The molecule has 0 aliphatic carbocycles. The SMILES string of the molecule is Cc1cc(C2C(N)CCCC(=O)N2C)ccc1Br. The molecule has 1 aromatic carbocycles. The molecule has 1 aliphatic rings. The molecule has 3 nitrogen and oxygen atoms in total. The number of benzene rings is 1. The van der Waals surface area contributed by atoms with Crippen molar-refractivity contribution in [3.8, 4) is 0 Å². The molecule has 2 rings (SSSR count). The van der Waals surface area contributed by atoms with Crippen molar-refractivity contribution in [1.29, 1.82) is 0 Å². The van der Waals surface area contributed by atoms with Crippen LogP contribution in [0.5, 0.6) is 0 Å². The molecule has 4 heteroatoms. The standard InChI is InChI=1S/C14H19BrN2O/c1-9-8-10(6-7-11(9)15)14-12(16)4-3-5-13(18)17(14)2/h6-8,12,14H,3-5,16H2,1-2H3.